The van der Waals surface area contributed by atoms with Crippen LogP contribution in [0.15, 0.2) is 30.3 Å². The van der Waals surface area contributed by atoms with E-state index in [2.05, 4.69) is 0 Å². The van der Waals surface area contributed by atoms with Crippen LogP contribution in [0.5, 0.6) is 5.75 Å². The average molecular weight is 420 g/mol. The first kappa shape index (κ1) is 22.4. The van der Waals surface area contributed by atoms with Crippen LogP contribution in [0.25, 0.3) is 6.08 Å². The molecule has 2 aromatic carbocycles. The summed E-state index contributed by atoms with van der Waals surface area (Å²) in [6.07, 6.45) is 7.81. The van der Waals surface area contributed by atoms with E-state index in [1.807, 2.05) is 13.0 Å². The van der Waals surface area contributed by atoms with Crippen molar-refractivity contribution in [2.75, 3.05) is 6.61 Å². The Kier molecular flexibility index (Phi) is 7.57. The smallest absolute Gasteiger partial charge is 0.200 e. The van der Waals surface area contributed by atoms with Gasteiger partial charge in [0.05, 0.1) is 6.61 Å². The second-order valence-corrected chi connectivity index (χ2v) is 7.88. The lowest BCUT2D eigenvalue weighted by atomic mass is 9.78. The highest BCUT2D eigenvalue weighted by Crippen LogP contribution is 2.39. The Morgan fingerprint density at radius 1 is 0.867 bits per heavy atom. The normalized spacial score (nSPS) is 19.4. The first-order valence-electron chi connectivity index (χ1n) is 10.7. The molecular formula is C25H28F4O. The lowest BCUT2D eigenvalue weighted by Gasteiger charge is -2.27. The monoisotopic (exact) mass is 420 g/mol. The third-order valence-corrected chi connectivity index (χ3v) is 5.85. The fourth-order valence-corrected chi connectivity index (χ4v) is 4.19. The molecule has 0 atom stereocenters. The summed E-state index contributed by atoms with van der Waals surface area (Å²) in [5.74, 6) is -3.25. The van der Waals surface area contributed by atoms with Crippen LogP contribution in [0.4, 0.5) is 17.6 Å². The highest BCUT2D eigenvalue weighted by molar-refractivity contribution is 5.51. The van der Waals surface area contributed by atoms with Gasteiger partial charge in [-0.25, -0.2) is 13.2 Å². The highest BCUT2D eigenvalue weighted by Gasteiger charge is 2.26. The van der Waals surface area contributed by atoms with Gasteiger partial charge < -0.3 is 4.74 Å². The summed E-state index contributed by atoms with van der Waals surface area (Å²) < 4.78 is 62.1. The third kappa shape index (κ3) is 4.88. The SMILES string of the molecule is CCCc1ccc(/C=C/C2CCC(c3ccc(OCC)c(F)c3F)CC2)c(F)c1F. The van der Waals surface area contributed by atoms with Crippen LogP contribution >= 0.6 is 0 Å². The van der Waals surface area contributed by atoms with Crippen molar-refractivity contribution in [1.82, 2.24) is 0 Å². The van der Waals surface area contributed by atoms with Crippen LogP contribution in [0.2, 0.25) is 0 Å². The zero-order chi connectivity index (χ0) is 21.7. The van der Waals surface area contributed by atoms with Crippen molar-refractivity contribution in [1.29, 1.82) is 0 Å². The zero-order valence-electron chi connectivity index (χ0n) is 17.5. The quantitative estimate of drug-likeness (QED) is 0.420. The maximum atomic E-state index is 14.5. The summed E-state index contributed by atoms with van der Waals surface area (Å²) in [4.78, 5) is 0. The van der Waals surface area contributed by atoms with E-state index in [0.29, 0.717) is 30.4 Å². The van der Waals surface area contributed by atoms with E-state index in [1.54, 1.807) is 31.2 Å². The molecule has 1 nitrogen and oxygen atoms in total. The molecule has 0 radical (unpaired) electrons. The van der Waals surface area contributed by atoms with Gasteiger partial charge in [-0.2, -0.15) is 4.39 Å². The minimum atomic E-state index is -0.930. The molecule has 0 unspecified atom stereocenters. The van der Waals surface area contributed by atoms with E-state index < -0.39 is 23.3 Å². The molecule has 0 aliphatic heterocycles. The van der Waals surface area contributed by atoms with Crippen molar-refractivity contribution in [2.45, 2.75) is 58.3 Å². The maximum absolute atomic E-state index is 14.5. The molecule has 0 spiro atoms. The first-order chi connectivity index (χ1) is 14.5. The van der Waals surface area contributed by atoms with E-state index in [9.17, 15) is 17.6 Å². The van der Waals surface area contributed by atoms with Crippen molar-refractivity contribution >= 4 is 6.08 Å². The number of aryl methyl sites for hydroxylation is 1. The Bertz CT molecular complexity index is 899. The van der Waals surface area contributed by atoms with Gasteiger partial charge >= 0.3 is 0 Å². The standard InChI is InChI=1S/C25H28F4O/c1-3-5-18-12-13-19(23(27)22(18)26)11-8-16-6-9-17(10-7-16)20-14-15-21(30-4-2)25(29)24(20)28/h8,11-17H,3-7,9-10H2,1-2H3/b11-8+. The zero-order valence-corrected chi connectivity index (χ0v) is 17.5. The minimum absolute atomic E-state index is 0.0534. The highest BCUT2D eigenvalue weighted by atomic mass is 19.2. The largest absolute Gasteiger partial charge is 0.491 e. The summed E-state index contributed by atoms with van der Waals surface area (Å²) in [6.45, 7) is 3.92. The molecule has 5 heteroatoms. The van der Waals surface area contributed by atoms with E-state index >= 15 is 0 Å². The number of hydrogen-bond acceptors (Lipinski definition) is 1. The number of ether oxygens (including phenoxy) is 1. The van der Waals surface area contributed by atoms with Crippen molar-refractivity contribution < 1.29 is 22.3 Å². The maximum Gasteiger partial charge on any atom is 0.200 e. The number of hydrogen-bond donors (Lipinski definition) is 0. The van der Waals surface area contributed by atoms with Gasteiger partial charge in [-0.15, -0.1) is 0 Å². The van der Waals surface area contributed by atoms with E-state index in [1.165, 1.54) is 6.07 Å². The van der Waals surface area contributed by atoms with Crippen LogP contribution in [-0.2, 0) is 6.42 Å². The van der Waals surface area contributed by atoms with Gasteiger partial charge in [0.15, 0.2) is 23.2 Å². The van der Waals surface area contributed by atoms with Gasteiger partial charge in [-0.3, -0.25) is 0 Å². The number of allylic oxidation sites excluding steroid dienone is 1. The summed E-state index contributed by atoms with van der Waals surface area (Å²) in [5.41, 5.74) is 1.03. The lowest BCUT2D eigenvalue weighted by Crippen LogP contribution is -2.14. The van der Waals surface area contributed by atoms with Crippen LogP contribution in [0.3, 0.4) is 0 Å². The molecular weight excluding hydrogens is 392 g/mol. The van der Waals surface area contributed by atoms with Crippen molar-refractivity contribution in [2.24, 2.45) is 5.92 Å². The summed E-state index contributed by atoms with van der Waals surface area (Å²) in [6, 6.07) is 6.36. The molecule has 30 heavy (non-hydrogen) atoms. The van der Waals surface area contributed by atoms with Crippen LogP contribution < -0.4 is 4.74 Å². The Hall–Kier alpha value is -2.30. The second-order valence-electron chi connectivity index (χ2n) is 7.88. The summed E-state index contributed by atoms with van der Waals surface area (Å²) in [7, 11) is 0. The second kappa shape index (κ2) is 10.1. The Labute approximate surface area is 175 Å². The molecule has 2 aromatic rings. The summed E-state index contributed by atoms with van der Waals surface area (Å²) >= 11 is 0. The van der Waals surface area contributed by atoms with Crippen molar-refractivity contribution in [3.63, 3.8) is 0 Å². The van der Waals surface area contributed by atoms with Crippen LogP contribution in [-0.4, -0.2) is 6.61 Å². The average Bonchev–Trinajstić information content (AvgIpc) is 2.75. The van der Waals surface area contributed by atoms with E-state index in [4.69, 9.17) is 4.74 Å². The van der Waals surface area contributed by atoms with Gasteiger partial charge in [-0.05, 0) is 68.1 Å². The Balaban J connectivity index is 1.64. The molecule has 162 valence electrons. The molecule has 1 fully saturated rings. The van der Waals surface area contributed by atoms with E-state index in [-0.39, 0.29) is 29.8 Å². The molecule has 0 bridgehead atoms. The lowest BCUT2D eigenvalue weighted by molar-refractivity contribution is 0.310. The third-order valence-electron chi connectivity index (χ3n) is 5.85. The molecule has 0 saturated heterocycles. The van der Waals surface area contributed by atoms with Gasteiger partial charge in [0.1, 0.15) is 0 Å². The van der Waals surface area contributed by atoms with E-state index in [0.717, 1.165) is 19.3 Å². The fraction of sp³-hybridized carbons (Fsp3) is 0.440. The fourth-order valence-electron chi connectivity index (χ4n) is 4.19. The Morgan fingerprint density at radius 3 is 2.27 bits per heavy atom. The van der Waals surface area contributed by atoms with Gasteiger partial charge in [-0.1, -0.05) is 43.7 Å². The number of halogens is 4. The minimum Gasteiger partial charge on any atom is -0.491 e. The molecule has 0 N–H and O–H groups in total. The summed E-state index contributed by atoms with van der Waals surface area (Å²) in [5, 5.41) is 0. The molecule has 1 aliphatic carbocycles. The molecule has 1 saturated carbocycles. The van der Waals surface area contributed by atoms with Gasteiger partial charge in [0, 0.05) is 5.56 Å². The molecule has 1 aliphatic rings. The number of benzene rings is 2. The van der Waals surface area contributed by atoms with Gasteiger partial charge in [0.25, 0.3) is 0 Å². The Morgan fingerprint density at radius 2 is 1.60 bits per heavy atom. The molecule has 0 heterocycles. The molecule has 0 aromatic heterocycles. The van der Waals surface area contributed by atoms with Crippen LogP contribution in [0, 0.1) is 29.2 Å². The van der Waals surface area contributed by atoms with Crippen molar-refractivity contribution in [3.05, 3.63) is 70.3 Å². The molecule has 3 rings (SSSR count). The predicted molar refractivity (Wildman–Crippen MR) is 112 cm³/mol. The predicted octanol–water partition coefficient (Wildman–Crippen LogP) is 7.58. The first-order valence-corrected chi connectivity index (χ1v) is 10.7. The molecule has 0 amide bonds. The van der Waals surface area contributed by atoms with Crippen molar-refractivity contribution in [3.8, 4) is 5.75 Å². The van der Waals surface area contributed by atoms with Gasteiger partial charge in [0.2, 0.25) is 5.82 Å². The topological polar surface area (TPSA) is 9.23 Å². The number of rotatable bonds is 7. The van der Waals surface area contributed by atoms with Crippen LogP contribution in [0.1, 0.15) is 68.6 Å².